The molecule has 24 heavy (non-hydrogen) atoms. The van der Waals surface area contributed by atoms with E-state index in [-0.39, 0.29) is 11.9 Å². The van der Waals surface area contributed by atoms with Gasteiger partial charge in [0.25, 0.3) is 0 Å². The molecule has 1 saturated heterocycles. The number of hydrogen-bond acceptors (Lipinski definition) is 3. The zero-order valence-corrected chi connectivity index (χ0v) is 14.4. The van der Waals surface area contributed by atoms with Crippen LogP contribution in [0.1, 0.15) is 36.4 Å². The number of aromatic nitrogens is 1. The highest BCUT2D eigenvalue weighted by atomic mass is 35.5. The van der Waals surface area contributed by atoms with Crippen LogP contribution in [-0.2, 0) is 4.79 Å². The lowest BCUT2D eigenvalue weighted by molar-refractivity contribution is -0.127. The topological polar surface area (TPSA) is 45.2 Å². The normalized spacial score (nSPS) is 15.7. The van der Waals surface area contributed by atoms with E-state index in [1.54, 1.807) is 6.20 Å². The van der Waals surface area contributed by atoms with Crippen molar-refractivity contribution in [1.29, 1.82) is 0 Å². The van der Waals surface area contributed by atoms with Gasteiger partial charge in [0.2, 0.25) is 5.91 Å². The molecule has 2 heterocycles. The first-order chi connectivity index (χ1) is 11.7. The number of amides is 1. The molecule has 1 unspecified atom stereocenters. The Morgan fingerprint density at radius 3 is 2.71 bits per heavy atom. The van der Waals surface area contributed by atoms with Crippen molar-refractivity contribution in [2.24, 2.45) is 0 Å². The first-order valence-electron chi connectivity index (χ1n) is 8.40. The minimum Gasteiger partial charge on any atom is -0.343 e. The average molecular weight is 344 g/mol. The second-order valence-corrected chi connectivity index (χ2v) is 6.50. The largest absolute Gasteiger partial charge is 0.343 e. The minimum atomic E-state index is 0.0743. The summed E-state index contributed by atoms with van der Waals surface area (Å²) in [5.74, 6) is 0.288. The Morgan fingerprint density at radius 1 is 1.21 bits per heavy atom. The Hall–Kier alpha value is -1.91. The van der Waals surface area contributed by atoms with E-state index in [1.165, 1.54) is 0 Å². The molecule has 4 nitrogen and oxygen atoms in total. The quantitative estimate of drug-likeness (QED) is 0.783. The van der Waals surface area contributed by atoms with Crippen molar-refractivity contribution in [3.8, 4) is 0 Å². The van der Waals surface area contributed by atoms with Crippen LogP contribution in [0.5, 0.6) is 0 Å². The highest BCUT2D eigenvalue weighted by molar-refractivity contribution is 6.30. The number of nitrogens with one attached hydrogen (secondary N) is 1. The monoisotopic (exact) mass is 343 g/mol. The van der Waals surface area contributed by atoms with Crippen LogP contribution in [0, 0.1) is 0 Å². The first-order valence-corrected chi connectivity index (χ1v) is 8.78. The van der Waals surface area contributed by atoms with Crippen LogP contribution in [0.15, 0.2) is 48.8 Å². The fraction of sp³-hybridized carbons (Fsp3) is 0.368. The molecule has 0 bridgehead atoms. The van der Waals surface area contributed by atoms with Crippen LogP contribution < -0.4 is 5.32 Å². The van der Waals surface area contributed by atoms with Crippen molar-refractivity contribution in [2.45, 2.75) is 25.3 Å². The molecule has 1 amide bonds. The third-order valence-electron chi connectivity index (χ3n) is 4.35. The Kier molecular flexibility index (Phi) is 5.83. The van der Waals surface area contributed by atoms with Crippen molar-refractivity contribution in [2.75, 3.05) is 19.6 Å². The predicted octanol–water partition coefficient (Wildman–Crippen LogP) is 3.43. The molecule has 0 radical (unpaired) electrons. The summed E-state index contributed by atoms with van der Waals surface area (Å²) in [6.45, 7) is 2.57. The molecule has 0 aliphatic carbocycles. The molecule has 0 spiro atoms. The SMILES string of the molecule is O=C1CCCN1CCCNC(c1ccc(Cl)cc1)c1cccnc1. The van der Waals surface area contributed by atoms with Gasteiger partial charge in [-0.3, -0.25) is 9.78 Å². The highest BCUT2D eigenvalue weighted by Crippen LogP contribution is 2.23. The smallest absolute Gasteiger partial charge is 0.222 e. The van der Waals surface area contributed by atoms with Gasteiger partial charge in [0.1, 0.15) is 0 Å². The number of rotatable bonds is 7. The molecule has 3 rings (SSSR count). The Balaban J connectivity index is 1.62. The van der Waals surface area contributed by atoms with Crippen LogP contribution in [-0.4, -0.2) is 35.4 Å². The molecule has 5 heteroatoms. The molecule has 1 fully saturated rings. The number of likely N-dealkylation sites (tertiary alicyclic amines) is 1. The number of hydrogen-bond donors (Lipinski definition) is 1. The van der Waals surface area contributed by atoms with Gasteiger partial charge >= 0.3 is 0 Å². The number of halogens is 1. The van der Waals surface area contributed by atoms with Gasteiger partial charge in [0.15, 0.2) is 0 Å². The molecule has 2 aromatic rings. The van der Waals surface area contributed by atoms with E-state index in [0.29, 0.717) is 6.42 Å². The maximum atomic E-state index is 11.7. The average Bonchev–Trinajstić information content (AvgIpc) is 3.02. The van der Waals surface area contributed by atoms with Gasteiger partial charge in [0.05, 0.1) is 6.04 Å². The summed E-state index contributed by atoms with van der Waals surface area (Å²) in [6.07, 6.45) is 6.31. The maximum absolute atomic E-state index is 11.7. The summed E-state index contributed by atoms with van der Waals surface area (Å²) in [6, 6.07) is 12.0. The second-order valence-electron chi connectivity index (χ2n) is 6.06. The summed E-state index contributed by atoms with van der Waals surface area (Å²) in [7, 11) is 0. The van der Waals surface area contributed by atoms with E-state index in [2.05, 4.69) is 16.4 Å². The van der Waals surface area contributed by atoms with E-state index >= 15 is 0 Å². The van der Waals surface area contributed by atoms with Crippen LogP contribution in [0.2, 0.25) is 5.02 Å². The molecular weight excluding hydrogens is 322 g/mol. The van der Waals surface area contributed by atoms with E-state index in [1.807, 2.05) is 41.4 Å². The van der Waals surface area contributed by atoms with Gasteiger partial charge < -0.3 is 10.2 Å². The lowest BCUT2D eigenvalue weighted by atomic mass is 10.00. The Labute approximate surface area is 147 Å². The summed E-state index contributed by atoms with van der Waals surface area (Å²) in [5.41, 5.74) is 2.28. The van der Waals surface area contributed by atoms with E-state index in [9.17, 15) is 4.79 Å². The molecule has 1 aromatic heterocycles. The lowest BCUT2D eigenvalue weighted by Gasteiger charge is -2.21. The molecule has 1 aromatic carbocycles. The molecule has 126 valence electrons. The molecule has 0 saturated carbocycles. The van der Waals surface area contributed by atoms with Gasteiger partial charge in [-0.05, 0) is 48.7 Å². The molecule has 1 N–H and O–H groups in total. The van der Waals surface area contributed by atoms with Crippen molar-refractivity contribution < 1.29 is 4.79 Å². The van der Waals surface area contributed by atoms with Crippen molar-refractivity contribution >= 4 is 17.5 Å². The van der Waals surface area contributed by atoms with E-state index in [4.69, 9.17) is 11.6 Å². The van der Waals surface area contributed by atoms with Crippen molar-refractivity contribution in [3.05, 3.63) is 64.9 Å². The number of nitrogens with zero attached hydrogens (tertiary/aromatic N) is 2. The number of benzene rings is 1. The van der Waals surface area contributed by atoms with E-state index in [0.717, 1.165) is 48.6 Å². The summed E-state index contributed by atoms with van der Waals surface area (Å²) in [5, 5.41) is 4.32. The second kappa shape index (κ2) is 8.27. The zero-order chi connectivity index (χ0) is 16.8. The minimum absolute atomic E-state index is 0.0743. The van der Waals surface area contributed by atoms with Crippen LogP contribution in [0.3, 0.4) is 0 Å². The standard InChI is InChI=1S/C19H22ClN3O/c20-17-8-6-15(7-9-17)19(16-4-1-10-21-14-16)22-11-3-13-23-12-2-5-18(23)24/h1,4,6-10,14,19,22H,2-3,5,11-13H2. The van der Waals surface area contributed by atoms with Crippen LogP contribution >= 0.6 is 11.6 Å². The number of carbonyl (C=O) groups is 1. The van der Waals surface area contributed by atoms with Gasteiger partial charge in [-0.15, -0.1) is 0 Å². The fourth-order valence-corrected chi connectivity index (χ4v) is 3.21. The number of carbonyl (C=O) groups excluding carboxylic acids is 1. The van der Waals surface area contributed by atoms with Gasteiger partial charge in [-0.2, -0.15) is 0 Å². The van der Waals surface area contributed by atoms with Crippen molar-refractivity contribution in [3.63, 3.8) is 0 Å². The van der Waals surface area contributed by atoms with Gasteiger partial charge in [-0.1, -0.05) is 29.8 Å². The molecule has 1 atom stereocenters. The summed E-state index contributed by atoms with van der Waals surface area (Å²) < 4.78 is 0. The Morgan fingerprint density at radius 2 is 2.04 bits per heavy atom. The van der Waals surface area contributed by atoms with Gasteiger partial charge in [0, 0.05) is 36.9 Å². The van der Waals surface area contributed by atoms with Crippen LogP contribution in [0.4, 0.5) is 0 Å². The summed E-state index contributed by atoms with van der Waals surface area (Å²) >= 11 is 6.01. The molecular formula is C19H22ClN3O. The van der Waals surface area contributed by atoms with Crippen molar-refractivity contribution in [1.82, 2.24) is 15.2 Å². The van der Waals surface area contributed by atoms with Gasteiger partial charge in [-0.25, -0.2) is 0 Å². The molecule has 1 aliphatic heterocycles. The lowest BCUT2D eigenvalue weighted by Crippen LogP contribution is -2.30. The third kappa shape index (κ3) is 4.34. The zero-order valence-electron chi connectivity index (χ0n) is 13.6. The summed E-state index contributed by atoms with van der Waals surface area (Å²) in [4.78, 5) is 17.9. The predicted molar refractivity (Wildman–Crippen MR) is 96.0 cm³/mol. The number of pyridine rings is 1. The highest BCUT2D eigenvalue weighted by Gasteiger charge is 2.19. The molecule has 1 aliphatic rings. The maximum Gasteiger partial charge on any atom is 0.222 e. The van der Waals surface area contributed by atoms with E-state index < -0.39 is 0 Å². The fourth-order valence-electron chi connectivity index (χ4n) is 3.09. The Bertz CT molecular complexity index is 660. The van der Waals surface area contributed by atoms with Crippen LogP contribution in [0.25, 0.3) is 0 Å². The third-order valence-corrected chi connectivity index (χ3v) is 4.60. The first kappa shape index (κ1) is 16.9.